The lowest BCUT2D eigenvalue weighted by Gasteiger charge is -2.16. The summed E-state index contributed by atoms with van der Waals surface area (Å²) < 4.78 is 67.4. The van der Waals surface area contributed by atoms with Crippen LogP contribution in [0.5, 0.6) is 0 Å². The molecule has 0 aliphatic rings. The molecule has 1 aromatic carbocycles. The van der Waals surface area contributed by atoms with Gasteiger partial charge in [0.15, 0.2) is 0 Å². The van der Waals surface area contributed by atoms with Crippen molar-refractivity contribution in [2.45, 2.75) is 26.1 Å². The molecule has 1 amide bonds. The first-order chi connectivity index (χ1) is 18.9. The fourth-order valence-electron chi connectivity index (χ4n) is 3.42. The Labute approximate surface area is 230 Å². The van der Waals surface area contributed by atoms with E-state index in [1.807, 2.05) is 19.0 Å². The second-order valence-electron chi connectivity index (χ2n) is 8.94. The van der Waals surface area contributed by atoms with E-state index in [4.69, 9.17) is 0 Å². The summed E-state index contributed by atoms with van der Waals surface area (Å²) in [5, 5.41) is 8.27. The molecular weight excluding hydrogens is 549 g/mol. The highest BCUT2D eigenvalue weighted by Gasteiger charge is 2.35. The minimum Gasteiger partial charge on any atom is -0.365 e. The molecule has 216 valence electrons. The van der Waals surface area contributed by atoms with E-state index in [0.29, 0.717) is 29.6 Å². The molecule has 0 aliphatic carbocycles. The molecule has 11 nitrogen and oxygen atoms in total. The molecule has 40 heavy (non-hydrogen) atoms. The number of nitrogens with one attached hydrogen (secondary N) is 4. The van der Waals surface area contributed by atoms with Crippen LogP contribution in [0.1, 0.15) is 34.8 Å². The number of nitrogens with zero attached hydrogens (tertiary/aromatic N) is 4. The highest BCUT2D eigenvalue weighted by molar-refractivity contribution is 7.92. The lowest BCUT2D eigenvalue weighted by Crippen LogP contribution is -2.27. The Morgan fingerprint density at radius 2 is 1.85 bits per heavy atom. The van der Waals surface area contributed by atoms with Crippen LogP contribution in [-0.4, -0.2) is 67.1 Å². The number of carbonyl (C=O) groups is 1. The summed E-state index contributed by atoms with van der Waals surface area (Å²) in [6.45, 7) is 2.55. The van der Waals surface area contributed by atoms with Crippen LogP contribution >= 0.6 is 0 Å². The van der Waals surface area contributed by atoms with Crippen molar-refractivity contribution in [2.75, 3.05) is 48.3 Å². The van der Waals surface area contributed by atoms with Crippen molar-refractivity contribution in [3.05, 3.63) is 65.5 Å². The van der Waals surface area contributed by atoms with Crippen LogP contribution < -0.4 is 20.7 Å². The number of hydrogen-bond acceptors (Lipinski definition) is 9. The Morgan fingerprint density at radius 3 is 2.55 bits per heavy atom. The minimum absolute atomic E-state index is 0.00498. The molecule has 0 spiro atoms. The fourth-order valence-corrected chi connectivity index (χ4v) is 4.05. The van der Waals surface area contributed by atoms with Crippen LogP contribution in [-0.2, 0) is 22.7 Å². The number of anilines is 4. The van der Waals surface area contributed by atoms with Gasteiger partial charge in [0.25, 0.3) is 5.91 Å². The van der Waals surface area contributed by atoms with E-state index in [1.165, 1.54) is 31.3 Å². The summed E-state index contributed by atoms with van der Waals surface area (Å²) >= 11 is 0. The van der Waals surface area contributed by atoms with Crippen molar-refractivity contribution in [3.8, 4) is 0 Å². The third-order valence-corrected chi connectivity index (χ3v) is 6.78. The average Bonchev–Trinajstić information content (AvgIpc) is 2.90. The molecular formula is C25H31F3N8O3S. The van der Waals surface area contributed by atoms with E-state index < -0.39 is 27.6 Å². The lowest BCUT2D eigenvalue weighted by atomic mass is 10.2. The normalized spacial score (nSPS) is 11.8. The van der Waals surface area contributed by atoms with Gasteiger partial charge in [-0.25, -0.2) is 18.4 Å². The van der Waals surface area contributed by atoms with Gasteiger partial charge >= 0.3 is 6.18 Å². The van der Waals surface area contributed by atoms with Gasteiger partial charge in [0, 0.05) is 42.3 Å². The minimum atomic E-state index is -4.76. The van der Waals surface area contributed by atoms with E-state index in [1.54, 1.807) is 18.2 Å². The van der Waals surface area contributed by atoms with Crippen molar-refractivity contribution < 1.29 is 26.4 Å². The number of benzene rings is 1. The molecule has 2 aromatic heterocycles. The molecule has 0 atom stereocenters. The number of pyridine rings is 1. The maximum absolute atomic E-state index is 13.7. The summed E-state index contributed by atoms with van der Waals surface area (Å²) in [6, 6.07) is 9.46. The first-order valence-corrected chi connectivity index (χ1v) is 14.0. The first kappa shape index (κ1) is 30.6. The summed E-state index contributed by atoms with van der Waals surface area (Å²) in [4.78, 5) is 26.3. The van der Waals surface area contributed by atoms with E-state index in [2.05, 4.69) is 35.6 Å². The summed E-state index contributed by atoms with van der Waals surface area (Å²) in [6.07, 6.45) is -1.98. The molecule has 4 N–H and O–H groups in total. The van der Waals surface area contributed by atoms with Crippen LogP contribution in [0.3, 0.4) is 0 Å². The van der Waals surface area contributed by atoms with Gasteiger partial charge in [-0.15, -0.1) is 0 Å². The van der Waals surface area contributed by atoms with Gasteiger partial charge in [-0.05, 0) is 58.3 Å². The number of aromatic nitrogens is 3. The number of alkyl halides is 3. The Bertz CT molecular complexity index is 1420. The second-order valence-corrected chi connectivity index (χ2v) is 11.0. The monoisotopic (exact) mass is 580 g/mol. The summed E-state index contributed by atoms with van der Waals surface area (Å²) in [7, 11) is 0.221. The Kier molecular flexibility index (Phi) is 10.2. The highest BCUT2D eigenvalue weighted by Crippen LogP contribution is 2.34. The van der Waals surface area contributed by atoms with Crippen molar-refractivity contribution >= 4 is 39.2 Å². The van der Waals surface area contributed by atoms with E-state index in [-0.39, 0.29) is 30.0 Å². The predicted molar refractivity (Wildman–Crippen MR) is 147 cm³/mol. The number of sulfonamides is 1. The summed E-state index contributed by atoms with van der Waals surface area (Å²) in [5.41, 5.74) is -0.0394. The molecule has 0 aliphatic heterocycles. The first-order valence-electron chi connectivity index (χ1n) is 12.3. The number of amides is 1. The molecule has 0 radical (unpaired) electrons. The number of hydrogen-bond donors (Lipinski definition) is 4. The summed E-state index contributed by atoms with van der Waals surface area (Å²) in [5.74, 6) is -1.15. The standard InChI is InChI=1S/C25H31F3N8O3S/c1-4-40(38,39)35-21-18(9-6-11-29-21)15-31-22-20(25(26,27)28)16-32-24(34-22)33-19-10-5-8-17(14-19)23(37)30-12-7-13-36(2)3/h5-6,8-11,14,16H,4,7,12-13,15H2,1-3H3,(H,29,35)(H,30,37)(H2,31,32,33,34). The lowest BCUT2D eigenvalue weighted by molar-refractivity contribution is -0.137. The van der Waals surface area contributed by atoms with Gasteiger partial charge in [0.1, 0.15) is 17.2 Å². The molecule has 3 rings (SSSR count). The second kappa shape index (κ2) is 13.4. The molecule has 0 saturated carbocycles. The van der Waals surface area contributed by atoms with Gasteiger partial charge in [-0.1, -0.05) is 12.1 Å². The van der Waals surface area contributed by atoms with Gasteiger partial charge in [-0.3, -0.25) is 9.52 Å². The van der Waals surface area contributed by atoms with Gasteiger partial charge in [0.05, 0.1) is 5.75 Å². The smallest absolute Gasteiger partial charge is 0.365 e. The Morgan fingerprint density at radius 1 is 1.07 bits per heavy atom. The zero-order valence-electron chi connectivity index (χ0n) is 22.2. The largest absolute Gasteiger partial charge is 0.421 e. The van der Waals surface area contributed by atoms with Crippen LogP contribution in [0.15, 0.2) is 48.8 Å². The van der Waals surface area contributed by atoms with Gasteiger partial charge in [0.2, 0.25) is 16.0 Å². The molecule has 0 fully saturated rings. The van der Waals surface area contributed by atoms with E-state index in [0.717, 1.165) is 13.0 Å². The zero-order chi connectivity index (χ0) is 29.3. The fraction of sp³-hybridized carbons (Fsp3) is 0.360. The van der Waals surface area contributed by atoms with Crippen LogP contribution in [0, 0.1) is 0 Å². The SMILES string of the molecule is CCS(=O)(=O)Nc1ncccc1CNc1nc(Nc2cccc(C(=O)NCCCN(C)C)c2)ncc1C(F)(F)F. The Balaban J connectivity index is 1.78. The quantitative estimate of drug-likeness (QED) is 0.223. The highest BCUT2D eigenvalue weighted by atomic mass is 32.2. The topological polar surface area (TPSA) is 141 Å². The molecule has 0 unspecified atom stereocenters. The van der Waals surface area contributed by atoms with Gasteiger partial charge in [-0.2, -0.15) is 18.2 Å². The van der Waals surface area contributed by atoms with Gasteiger partial charge < -0.3 is 20.9 Å². The Hall–Kier alpha value is -3.98. The maximum atomic E-state index is 13.7. The zero-order valence-corrected chi connectivity index (χ0v) is 23.0. The van der Waals surface area contributed by atoms with Crippen molar-refractivity contribution in [1.29, 1.82) is 0 Å². The third-order valence-electron chi connectivity index (χ3n) is 5.51. The van der Waals surface area contributed by atoms with Crippen LogP contribution in [0.2, 0.25) is 0 Å². The molecule has 3 aromatic rings. The number of halogens is 3. The molecule has 0 bridgehead atoms. The third kappa shape index (κ3) is 9.05. The molecule has 2 heterocycles. The maximum Gasteiger partial charge on any atom is 0.421 e. The van der Waals surface area contributed by atoms with Crippen molar-refractivity contribution in [1.82, 2.24) is 25.2 Å². The van der Waals surface area contributed by atoms with Crippen molar-refractivity contribution in [3.63, 3.8) is 0 Å². The van der Waals surface area contributed by atoms with Crippen molar-refractivity contribution in [2.24, 2.45) is 0 Å². The van der Waals surface area contributed by atoms with Crippen LogP contribution in [0.25, 0.3) is 0 Å². The van der Waals surface area contributed by atoms with Crippen LogP contribution in [0.4, 0.5) is 36.4 Å². The number of carbonyl (C=O) groups excluding carboxylic acids is 1. The van der Waals surface area contributed by atoms with E-state index in [9.17, 15) is 26.4 Å². The average molecular weight is 581 g/mol. The van der Waals surface area contributed by atoms with E-state index >= 15 is 0 Å². The number of rotatable bonds is 13. The predicted octanol–water partition coefficient (Wildman–Crippen LogP) is 3.69. The molecule has 0 saturated heterocycles. The molecule has 15 heteroatoms.